The zero-order valence-electron chi connectivity index (χ0n) is 9.27. The summed E-state index contributed by atoms with van der Waals surface area (Å²) in [4.78, 5) is 12.5. The molecule has 0 atom stereocenters. The molecule has 1 aromatic carbocycles. The summed E-state index contributed by atoms with van der Waals surface area (Å²) < 4.78 is 5.56. The minimum atomic E-state index is -0.768. The van der Waals surface area contributed by atoms with Crippen LogP contribution >= 0.6 is 0 Å². The number of aryl methyl sites for hydroxylation is 1. The molecule has 4 nitrogen and oxygen atoms in total. The standard InChI is InChI=1S/C12H15NO3/c1-9-2-3-11-10(6-9)7-13(8-16-11)5-4-12(14)15/h2-3,6H,4-5,7-8H2,1H3,(H,14,15). The lowest BCUT2D eigenvalue weighted by atomic mass is 10.1. The highest BCUT2D eigenvalue weighted by Gasteiger charge is 2.17. The second kappa shape index (κ2) is 4.53. The molecule has 0 fully saturated rings. The number of hydrogen-bond donors (Lipinski definition) is 1. The second-order valence-corrected chi connectivity index (χ2v) is 4.08. The quantitative estimate of drug-likeness (QED) is 0.842. The van der Waals surface area contributed by atoms with Gasteiger partial charge in [0.1, 0.15) is 12.5 Å². The van der Waals surface area contributed by atoms with E-state index >= 15 is 0 Å². The first-order chi connectivity index (χ1) is 7.65. The SMILES string of the molecule is Cc1ccc2c(c1)CN(CCC(=O)O)CO2. The predicted octanol–water partition coefficient (Wildman–Crippen LogP) is 1.62. The molecule has 0 aromatic heterocycles. The molecule has 0 radical (unpaired) electrons. The molecule has 1 aromatic rings. The van der Waals surface area contributed by atoms with Crippen molar-refractivity contribution in [1.29, 1.82) is 0 Å². The zero-order valence-corrected chi connectivity index (χ0v) is 9.27. The molecule has 1 N–H and O–H groups in total. The Balaban J connectivity index is 2.02. The molecular formula is C12H15NO3. The third-order valence-electron chi connectivity index (χ3n) is 2.65. The third-order valence-corrected chi connectivity index (χ3v) is 2.65. The van der Waals surface area contributed by atoms with E-state index < -0.39 is 5.97 Å². The van der Waals surface area contributed by atoms with E-state index in [0.29, 0.717) is 13.3 Å². The summed E-state index contributed by atoms with van der Waals surface area (Å²) in [5.74, 6) is 0.146. The van der Waals surface area contributed by atoms with Gasteiger partial charge in [0.15, 0.2) is 0 Å². The fourth-order valence-electron chi connectivity index (χ4n) is 1.82. The summed E-state index contributed by atoms with van der Waals surface area (Å²) in [5, 5.41) is 8.62. The maximum absolute atomic E-state index is 10.5. The average molecular weight is 221 g/mol. The number of rotatable bonds is 3. The molecule has 1 aliphatic heterocycles. The van der Waals surface area contributed by atoms with E-state index in [1.54, 1.807) is 0 Å². The molecule has 0 unspecified atom stereocenters. The number of carboxylic acid groups (broad SMARTS) is 1. The van der Waals surface area contributed by atoms with Gasteiger partial charge < -0.3 is 9.84 Å². The van der Waals surface area contributed by atoms with Crippen LogP contribution in [0, 0.1) is 6.92 Å². The number of aliphatic carboxylic acids is 1. The van der Waals surface area contributed by atoms with Crippen LogP contribution in [-0.2, 0) is 11.3 Å². The molecule has 1 heterocycles. The monoisotopic (exact) mass is 221 g/mol. The van der Waals surface area contributed by atoms with Crippen LogP contribution in [0.3, 0.4) is 0 Å². The van der Waals surface area contributed by atoms with Gasteiger partial charge in [-0.15, -0.1) is 0 Å². The Morgan fingerprint density at radius 3 is 3.12 bits per heavy atom. The summed E-state index contributed by atoms with van der Waals surface area (Å²) in [5.41, 5.74) is 2.33. The van der Waals surface area contributed by atoms with Gasteiger partial charge in [0, 0.05) is 18.7 Å². The molecule has 16 heavy (non-hydrogen) atoms. The molecule has 86 valence electrons. The molecule has 0 bridgehead atoms. The maximum Gasteiger partial charge on any atom is 0.304 e. The van der Waals surface area contributed by atoms with Gasteiger partial charge in [-0.3, -0.25) is 9.69 Å². The predicted molar refractivity (Wildman–Crippen MR) is 59.3 cm³/mol. The van der Waals surface area contributed by atoms with Crippen LogP contribution in [0.25, 0.3) is 0 Å². The summed E-state index contributed by atoms with van der Waals surface area (Å²) in [6.07, 6.45) is 0.157. The van der Waals surface area contributed by atoms with Gasteiger partial charge in [-0.2, -0.15) is 0 Å². The van der Waals surface area contributed by atoms with E-state index in [4.69, 9.17) is 9.84 Å². The minimum Gasteiger partial charge on any atom is -0.481 e. The van der Waals surface area contributed by atoms with Crippen molar-refractivity contribution in [3.05, 3.63) is 29.3 Å². The summed E-state index contributed by atoms with van der Waals surface area (Å²) >= 11 is 0. The molecule has 0 saturated carbocycles. The van der Waals surface area contributed by atoms with Crippen LogP contribution in [0.2, 0.25) is 0 Å². The fraction of sp³-hybridized carbons (Fsp3) is 0.417. The van der Waals surface area contributed by atoms with Crippen molar-refractivity contribution >= 4 is 5.97 Å². The van der Waals surface area contributed by atoms with E-state index in [2.05, 4.69) is 6.07 Å². The van der Waals surface area contributed by atoms with Crippen molar-refractivity contribution in [3.8, 4) is 5.75 Å². The van der Waals surface area contributed by atoms with Crippen molar-refractivity contribution in [2.45, 2.75) is 19.9 Å². The molecule has 0 amide bonds. The summed E-state index contributed by atoms with van der Waals surface area (Å²) in [6.45, 7) is 3.81. The lowest BCUT2D eigenvalue weighted by Crippen LogP contribution is -2.33. The van der Waals surface area contributed by atoms with Crippen LogP contribution in [0.15, 0.2) is 18.2 Å². The Kier molecular flexibility index (Phi) is 3.10. The van der Waals surface area contributed by atoms with Crippen molar-refractivity contribution in [3.63, 3.8) is 0 Å². The van der Waals surface area contributed by atoms with Gasteiger partial charge in [-0.25, -0.2) is 0 Å². The summed E-state index contributed by atoms with van der Waals surface area (Å²) in [6, 6.07) is 6.08. The van der Waals surface area contributed by atoms with Crippen molar-refractivity contribution in [2.75, 3.05) is 13.3 Å². The molecule has 2 rings (SSSR count). The average Bonchev–Trinajstić information content (AvgIpc) is 2.25. The highest BCUT2D eigenvalue weighted by molar-refractivity contribution is 5.66. The number of benzene rings is 1. The van der Waals surface area contributed by atoms with Gasteiger partial charge in [-0.05, 0) is 13.0 Å². The fourth-order valence-corrected chi connectivity index (χ4v) is 1.82. The molecule has 4 heteroatoms. The first-order valence-electron chi connectivity index (χ1n) is 5.31. The van der Waals surface area contributed by atoms with Gasteiger partial charge in [0.2, 0.25) is 0 Å². The molecule has 1 aliphatic rings. The van der Waals surface area contributed by atoms with E-state index in [-0.39, 0.29) is 6.42 Å². The number of hydrogen-bond acceptors (Lipinski definition) is 3. The Bertz CT molecular complexity index is 403. The molecular weight excluding hydrogens is 206 g/mol. The van der Waals surface area contributed by atoms with Crippen LogP contribution < -0.4 is 4.74 Å². The number of ether oxygens (including phenoxy) is 1. The Hall–Kier alpha value is -1.55. The number of fused-ring (bicyclic) bond motifs is 1. The van der Waals surface area contributed by atoms with Crippen LogP contribution in [0.5, 0.6) is 5.75 Å². The normalized spacial score (nSPS) is 15.3. The maximum atomic E-state index is 10.5. The number of carboxylic acids is 1. The minimum absolute atomic E-state index is 0.157. The Morgan fingerprint density at radius 2 is 2.38 bits per heavy atom. The van der Waals surface area contributed by atoms with Crippen LogP contribution in [0.1, 0.15) is 17.5 Å². The van der Waals surface area contributed by atoms with E-state index in [1.165, 1.54) is 5.56 Å². The van der Waals surface area contributed by atoms with Gasteiger partial charge in [-0.1, -0.05) is 17.7 Å². The number of nitrogens with zero attached hydrogens (tertiary/aromatic N) is 1. The molecule has 0 spiro atoms. The van der Waals surface area contributed by atoms with Gasteiger partial charge >= 0.3 is 5.97 Å². The van der Waals surface area contributed by atoms with Crippen molar-refractivity contribution < 1.29 is 14.6 Å². The summed E-state index contributed by atoms with van der Waals surface area (Å²) in [7, 11) is 0. The van der Waals surface area contributed by atoms with Crippen LogP contribution in [-0.4, -0.2) is 29.3 Å². The van der Waals surface area contributed by atoms with E-state index in [0.717, 1.165) is 17.9 Å². The lowest BCUT2D eigenvalue weighted by molar-refractivity contribution is -0.137. The third kappa shape index (κ3) is 2.52. The Labute approximate surface area is 94.4 Å². The Morgan fingerprint density at radius 1 is 1.56 bits per heavy atom. The first-order valence-corrected chi connectivity index (χ1v) is 5.31. The van der Waals surface area contributed by atoms with E-state index in [9.17, 15) is 4.79 Å². The molecule has 0 aliphatic carbocycles. The highest BCUT2D eigenvalue weighted by atomic mass is 16.5. The van der Waals surface area contributed by atoms with Gasteiger partial charge in [0.25, 0.3) is 0 Å². The smallest absolute Gasteiger partial charge is 0.304 e. The largest absolute Gasteiger partial charge is 0.481 e. The lowest BCUT2D eigenvalue weighted by Gasteiger charge is -2.28. The van der Waals surface area contributed by atoms with E-state index in [1.807, 2.05) is 24.0 Å². The molecule has 0 saturated heterocycles. The topological polar surface area (TPSA) is 49.8 Å². The highest BCUT2D eigenvalue weighted by Crippen LogP contribution is 2.25. The van der Waals surface area contributed by atoms with Gasteiger partial charge in [0.05, 0.1) is 6.42 Å². The second-order valence-electron chi connectivity index (χ2n) is 4.08. The van der Waals surface area contributed by atoms with Crippen LogP contribution in [0.4, 0.5) is 0 Å². The zero-order chi connectivity index (χ0) is 11.5. The number of carbonyl (C=O) groups is 1. The van der Waals surface area contributed by atoms with Crippen molar-refractivity contribution in [2.24, 2.45) is 0 Å². The first kappa shape index (κ1) is 11.0. The van der Waals surface area contributed by atoms with Crippen molar-refractivity contribution in [1.82, 2.24) is 4.90 Å².